The first kappa shape index (κ1) is 17.0. The third-order valence-electron chi connectivity index (χ3n) is 5.85. The van der Waals surface area contributed by atoms with Crippen LogP contribution in [0.2, 0.25) is 0 Å². The van der Waals surface area contributed by atoms with Crippen LogP contribution in [0.15, 0.2) is 12.2 Å². The Bertz CT molecular complexity index is 299. The second-order valence-corrected chi connectivity index (χ2v) is 7.24. The van der Waals surface area contributed by atoms with Crippen molar-refractivity contribution < 1.29 is 4.74 Å². The molecule has 0 bridgehead atoms. The fraction of sp³-hybridized carbons (Fsp3) is 0.895. The Kier molecular flexibility index (Phi) is 7.25. The van der Waals surface area contributed by atoms with Crippen molar-refractivity contribution >= 4 is 0 Å². The summed E-state index contributed by atoms with van der Waals surface area (Å²) in [6.45, 7) is 8.02. The lowest BCUT2D eigenvalue weighted by atomic mass is 9.69. The van der Waals surface area contributed by atoms with Crippen molar-refractivity contribution in [3.8, 4) is 0 Å². The molecule has 122 valence electrons. The van der Waals surface area contributed by atoms with E-state index in [2.05, 4.69) is 13.5 Å². The van der Waals surface area contributed by atoms with Crippen molar-refractivity contribution in [1.82, 2.24) is 0 Å². The lowest BCUT2D eigenvalue weighted by molar-refractivity contribution is 0.00633. The van der Waals surface area contributed by atoms with Gasteiger partial charge in [-0.2, -0.15) is 0 Å². The van der Waals surface area contributed by atoms with E-state index in [0.717, 1.165) is 18.4 Å². The molecule has 0 heterocycles. The minimum absolute atomic E-state index is 0.557. The second kappa shape index (κ2) is 8.95. The van der Waals surface area contributed by atoms with Gasteiger partial charge in [0.2, 0.25) is 0 Å². The molecule has 0 amide bonds. The van der Waals surface area contributed by atoms with Gasteiger partial charge in [0, 0.05) is 13.2 Å². The summed E-state index contributed by atoms with van der Waals surface area (Å²) in [4.78, 5) is 0. The molecular weight excluding hydrogens is 258 g/mol. The maximum atomic E-state index is 6.00. The van der Waals surface area contributed by atoms with Crippen LogP contribution in [0.3, 0.4) is 0 Å². The molecule has 0 unspecified atom stereocenters. The van der Waals surface area contributed by atoms with Crippen molar-refractivity contribution in [3.63, 3.8) is 0 Å². The standard InChI is InChI=1S/C19H35NO/c1-3-4-13-21-19-11-9-18(10-12-19)17-7-5-16(6-8-17)15(2)14-20/h16-19H,2-14,20H2,1H3. The van der Waals surface area contributed by atoms with Crippen LogP contribution in [0, 0.1) is 17.8 Å². The first-order valence-electron chi connectivity index (χ1n) is 9.23. The maximum Gasteiger partial charge on any atom is 0.0575 e. The van der Waals surface area contributed by atoms with Crippen LogP contribution in [-0.2, 0) is 4.74 Å². The van der Waals surface area contributed by atoms with Crippen molar-refractivity contribution in [2.24, 2.45) is 23.5 Å². The van der Waals surface area contributed by atoms with E-state index in [9.17, 15) is 0 Å². The summed E-state index contributed by atoms with van der Waals surface area (Å²) in [6, 6.07) is 0. The molecule has 0 aliphatic heterocycles. The number of nitrogens with two attached hydrogens (primary N) is 1. The minimum atomic E-state index is 0.557. The number of rotatable bonds is 7. The highest BCUT2D eigenvalue weighted by molar-refractivity contribution is 5.03. The van der Waals surface area contributed by atoms with Gasteiger partial charge in [0.15, 0.2) is 0 Å². The zero-order valence-electron chi connectivity index (χ0n) is 14.0. The largest absolute Gasteiger partial charge is 0.378 e. The van der Waals surface area contributed by atoms with Crippen molar-refractivity contribution in [1.29, 1.82) is 0 Å². The summed E-state index contributed by atoms with van der Waals surface area (Å²) in [7, 11) is 0. The highest BCUT2D eigenvalue weighted by atomic mass is 16.5. The molecule has 2 heteroatoms. The molecule has 2 aliphatic carbocycles. The van der Waals surface area contributed by atoms with Crippen LogP contribution >= 0.6 is 0 Å². The zero-order chi connectivity index (χ0) is 15.1. The van der Waals surface area contributed by atoms with Gasteiger partial charge in [0.05, 0.1) is 6.10 Å². The zero-order valence-corrected chi connectivity index (χ0v) is 14.0. The van der Waals surface area contributed by atoms with E-state index in [-0.39, 0.29) is 0 Å². The van der Waals surface area contributed by atoms with Crippen LogP contribution in [0.25, 0.3) is 0 Å². The summed E-state index contributed by atoms with van der Waals surface area (Å²) in [5.41, 5.74) is 7.01. The summed E-state index contributed by atoms with van der Waals surface area (Å²) in [5.74, 6) is 2.63. The molecule has 0 aromatic rings. The molecule has 0 aromatic carbocycles. The van der Waals surface area contributed by atoms with E-state index < -0.39 is 0 Å². The average Bonchev–Trinajstić information content (AvgIpc) is 2.55. The molecule has 0 atom stereocenters. The van der Waals surface area contributed by atoms with Crippen LogP contribution < -0.4 is 5.73 Å². The van der Waals surface area contributed by atoms with Crippen molar-refractivity contribution in [3.05, 3.63) is 12.2 Å². The van der Waals surface area contributed by atoms with Crippen LogP contribution in [0.4, 0.5) is 0 Å². The summed E-state index contributed by atoms with van der Waals surface area (Å²) in [6.07, 6.45) is 13.8. The lowest BCUT2D eigenvalue weighted by Gasteiger charge is -2.38. The predicted molar refractivity (Wildman–Crippen MR) is 90.2 cm³/mol. The van der Waals surface area contributed by atoms with E-state index in [1.807, 2.05) is 0 Å². The topological polar surface area (TPSA) is 35.2 Å². The monoisotopic (exact) mass is 293 g/mol. The maximum absolute atomic E-state index is 6.00. The highest BCUT2D eigenvalue weighted by Gasteiger charge is 2.31. The lowest BCUT2D eigenvalue weighted by Crippen LogP contribution is -2.29. The van der Waals surface area contributed by atoms with Gasteiger partial charge in [-0.05, 0) is 75.5 Å². The quantitative estimate of drug-likeness (QED) is 0.546. The van der Waals surface area contributed by atoms with Gasteiger partial charge in [0.25, 0.3) is 0 Å². The van der Waals surface area contributed by atoms with Crippen LogP contribution in [0.5, 0.6) is 0 Å². The Balaban J connectivity index is 1.66. The Hall–Kier alpha value is -0.340. The Morgan fingerprint density at radius 1 is 1.00 bits per heavy atom. The highest BCUT2D eigenvalue weighted by Crippen LogP contribution is 2.41. The van der Waals surface area contributed by atoms with Crippen LogP contribution in [0.1, 0.15) is 71.1 Å². The molecular formula is C19H35NO. The van der Waals surface area contributed by atoms with E-state index in [1.54, 1.807) is 0 Å². The predicted octanol–water partition coefficient (Wildman–Crippen LogP) is 4.68. The van der Waals surface area contributed by atoms with E-state index >= 15 is 0 Å². The van der Waals surface area contributed by atoms with Gasteiger partial charge in [-0.3, -0.25) is 0 Å². The van der Waals surface area contributed by atoms with Crippen LogP contribution in [-0.4, -0.2) is 19.3 Å². The molecule has 2 nitrogen and oxygen atoms in total. The molecule has 2 saturated carbocycles. The molecule has 0 spiro atoms. The Labute approximate surface area is 131 Å². The SMILES string of the molecule is C=C(CN)C1CCC(C2CCC(OCCCC)CC2)CC1. The fourth-order valence-corrected chi connectivity index (χ4v) is 4.29. The first-order chi connectivity index (χ1) is 10.2. The second-order valence-electron chi connectivity index (χ2n) is 7.24. The molecule has 2 fully saturated rings. The average molecular weight is 293 g/mol. The molecule has 21 heavy (non-hydrogen) atoms. The van der Waals surface area contributed by atoms with Crippen molar-refractivity contribution in [2.75, 3.05) is 13.2 Å². The minimum Gasteiger partial charge on any atom is -0.378 e. The number of ether oxygens (including phenoxy) is 1. The first-order valence-corrected chi connectivity index (χ1v) is 9.23. The Morgan fingerprint density at radius 3 is 2.10 bits per heavy atom. The van der Waals surface area contributed by atoms with E-state index in [0.29, 0.717) is 18.6 Å². The molecule has 2 N–H and O–H groups in total. The van der Waals surface area contributed by atoms with Gasteiger partial charge in [0.1, 0.15) is 0 Å². The van der Waals surface area contributed by atoms with Gasteiger partial charge in [-0.25, -0.2) is 0 Å². The molecule has 2 rings (SSSR count). The van der Waals surface area contributed by atoms with Gasteiger partial charge in [-0.15, -0.1) is 0 Å². The van der Waals surface area contributed by atoms with Gasteiger partial charge in [-0.1, -0.05) is 25.5 Å². The number of hydrogen-bond acceptors (Lipinski definition) is 2. The van der Waals surface area contributed by atoms with E-state index in [1.165, 1.54) is 69.8 Å². The summed E-state index contributed by atoms with van der Waals surface area (Å²) in [5, 5.41) is 0. The third-order valence-corrected chi connectivity index (χ3v) is 5.85. The summed E-state index contributed by atoms with van der Waals surface area (Å²) < 4.78 is 6.00. The molecule has 0 saturated heterocycles. The normalized spacial score (nSPS) is 33.8. The van der Waals surface area contributed by atoms with Gasteiger partial charge >= 0.3 is 0 Å². The Morgan fingerprint density at radius 2 is 1.57 bits per heavy atom. The van der Waals surface area contributed by atoms with Crippen molar-refractivity contribution in [2.45, 2.75) is 77.2 Å². The molecule has 0 aromatic heterocycles. The smallest absolute Gasteiger partial charge is 0.0575 e. The fourth-order valence-electron chi connectivity index (χ4n) is 4.29. The number of unbranched alkanes of at least 4 members (excludes halogenated alkanes) is 1. The number of hydrogen-bond donors (Lipinski definition) is 1. The van der Waals surface area contributed by atoms with Gasteiger partial charge < -0.3 is 10.5 Å². The molecule has 2 aliphatic rings. The third kappa shape index (κ3) is 5.10. The summed E-state index contributed by atoms with van der Waals surface area (Å²) >= 11 is 0. The molecule has 0 radical (unpaired) electrons. The van der Waals surface area contributed by atoms with E-state index in [4.69, 9.17) is 10.5 Å².